The first-order valence-corrected chi connectivity index (χ1v) is 21.7. The van der Waals surface area contributed by atoms with Crippen LogP contribution < -0.4 is 0 Å². The molecule has 0 aliphatic rings. The molecule has 2 heterocycles. The number of aliphatic imine (C=N–C) groups is 4. The minimum atomic E-state index is 0.382. The first-order chi connectivity index (χ1) is 24.9. The molecule has 0 bridgehead atoms. The number of aromatic nitrogens is 2. The van der Waals surface area contributed by atoms with Crippen molar-refractivity contribution in [1.82, 2.24) is 9.97 Å². The van der Waals surface area contributed by atoms with Crippen LogP contribution in [-0.4, -0.2) is 32.8 Å². The van der Waals surface area contributed by atoms with Crippen molar-refractivity contribution < 1.29 is 25.8 Å². The summed E-state index contributed by atoms with van der Waals surface area (Å²) in [7, 11) is 18.9. The zero-order valence-electron chi connectivity index (χ0n) is 30.1. The quantitative estimate of drug-likeness (QED) is 0.146. The van der Waals surface area contributed by atoms with Crippen LogP contribution in [0.3, 0.4) is 0 Å². The van der Waals surface area contributed by atoms with Gasteiger partial charge in [0.2, 0.25) is 0 Å². The van der Waals surface area contributed by atoms with Crippen LogP contribution in [0.1, 0.15) is 72.7 Å². The van der Waals surface area contributed by atoms with Gasteiger partial charge in [-0.15, -0.1) is 0 Å². The van der Waals surface area contributed by atoms with E-state index in [4.69, 9.17) is 70.5 Å². The Morgan fingerprint density at radius 3 is 1.02 bits per heavy atom. The summed E-state index contributed by atoms with van der Waals surface area (Å²) in [6.45, 7) is 16.3. The van der Waals surface area contributed by atoms with Crippen LogP contribution in [0.15, 0.2) is 117 Å². The van der Waals surface area contributed by atoms with Gasteiger partial charge in [0.05, 0.1) is 68.4 Å². The average molecular weight is 864 g/mol. The zero-order chi connectivity index (χ0) is 38.2. The van der Waals surface area contributed by atoms with Crippen molar-refractivity contribution in [2.75, 3.05) is 0 Å². The fourth-order valence-electron chi connectivity index (χ4n) is 5.12. The Balaban J connectivity index is 0.00000114. The molecule has 0 saturated heterocycles. The van der Waals surface area contributed by atoms with Gasteiger partial charge < -0.3 is 0 Å². The number of benzene rings is 3. The molecule has 0 unspecified atom stereocenters. The third kappa shape index (κ3) is 13.7. The van der Waals surface area contributed by atoms with Crippen molar-refractivity contribution in [3.63, 3.8) is 0 Å². The SMILES string of the molecule is CC(=Nc1ccc(N=C(C)c2cccc(C(C)=Nc3ccc(C)cc3C)n2)cc1)c1cccc(C(C)=Nc2ccc(C)cc2C)n1.[Cl][Co][Cl].[Cl][Co][Cl]. The molecule has 52 heavy (non-hydrogen) atoms. The third-order valence-corrected chi connectivity index (χ3v) is 7.71. The Kier molecular flexibility index (Phi) is 18.4. The summed E-state index contributed by atoms with van der Waals surface area (Å²) in [4.78, 5) is 29.0. The number of halogens is 4. The maximum atomic E-state index is 4.85. The van der Waals surface area contributed by atoms with E-state index in [1.807, 2.05) is 88.4 Å². The molecule has 0 aliphatic carbocycles. The Morgan fingerprint density at radius 1 is 0.442 bits per heavy atom. The van der Waals surface area contributed by atoms with Crippen molar-refractivity contribution in [1.29, 1.82) is 0 Å². The molecule has 12 heteroatoms. The van der Waals surface area contributed by atoms with Crippen LogP contribution in [-0.2, 0) is 25.8 Å². The molecular formula is C40H40Cl4Co2N6. The molecule has 0 fully saturated rings. The maximum absolute atomic E-state index is 4.85. The molecule has 276 valence electrons. The first kappa shape index (κ1) is 43.2. The number of aryl methyl sites for hydroxylation is 4. The summed E-state index contributed by atoms with van der Waals surface area (Å²) in [5.74, 6) is 0. The monoisotopic (exact) mass is 862 g/mol. The summed E-state index contributed by atoms with van der Waals surface area (Å²) in [5.41, 5.74) is 15.0. The van der Waals surface area contributed by atoms with Gasteiger partial charge in [0.15, 0.2) is 0 Å². The van der Waals surface area contributed by atoms with E-state index in [1.165, 1.54) is 11.1 Å². The molecule has 3 aromatic carbocycles. The summed E-state index contributed by atoms with van der Waals surface area (Å²) < 4.78 is 0. The number of nitrogens with zero attached hydrogens (tertiary/aromatic N) is 6. The third-order valence-electron chi connectivity index (χ3n) is 7.71. The fraction of sp³-hybridized carbons (Fsp3) is 0.200. The molecule has 0 amide bonds. The van der Waals surface area contributed by atoms with Gasteiger partial charge in [-0.2, -0.15) is 0 Å². The van der Waals surface area contributed by atoms with Gasteiger partial charge in [-0.05, 0) is 127 Å². The summed E-state index contributed by atoms with van der Waals surface area (Å²) >= 11 is 0.764. The first-order valence-electron chi connectivity index (χ1n) is 16.0. The number of hydrogen-bond acceptors (Lipinski definition) is 6. The Hall–Kier alpha value is -3.19. The number of pyridine rings is 2. The summed E-state index contributed by atoms with van der Waals surface area (Å²) in [5, 5.41) is 0. The predicted molar refractivity (Wildman–Crippen MR) is 218 cm³/mol. The van der Waals surface area contributed by atoms with Crippen molar-refractivity contribution in [2.45, 2.75) is 55.4 Å². The number of hydrogen-bond donors (Lipinski definition) is 0. The van der Waals surface area contributed by atoms with E-state index < -0.39 is 0 Å². The van der Waals surface area contributed by atoms with Gasteiger partial charge in [0.1, 0.15) is 0 Å². The van der Waals surface area contributed by atoms with Crippen LogP contribution in [0.5, 0.6) is 0 Å². The molecule has 2 aromatic heterocycles. The molecular weight excluding hydrogens is 824 g/mol. The van der Waals surface area contributed by atoms with Gasteiger partial charge in [-0.1, -0.05) is 47.5 Å². The van der Waals surface area contributed by atoms with Crippen molar-refractivity contribution in [3.05, 3.63) is 142 Å². The van der Waals surface area contributed by atoms with E-state index >= 15 is 0 Å². The molecule has 0 radical (unpaired) electrons. The Morgan fingerprint density at radius 2 is 0.731 bits per heavy atom. The van der Waals surface area contributed by atoms with Crippen LogP contribution in [0, 0.1) is 27.7 Å². The van der Waals surface area contributed by atoms with Crippen LogP contribution >= 0.6 is 40.6 Å². The van der Waals surface area contributed by atoms with E-state index in [1.54, 1.807) is 0 Å². The second kappa shape index (κ2) is 22.1. The van der Waals surface area contributed by atoms with Gasteiger partial charge in [0, 0.05) is 0 Å². The second-order valence-corrected chi connectivity index (χ2v) is 15.2. The van der Waals surface area contributed by atoms with Crippen LogP contribution in [0.25, 0.3) is 0 Å². The van der Waals surface area contributed by atoms with Crippen molar-refractivity contribution in [2.24, 2.45) is 20.0 Å². The fourth-order valence-corrected chi connectivity index (χ4v) is 5.12. The topological polar surface area (TPSA) is 75.2 Å². The summed E-state index contributed by atoms with van der Waals surface area (Å²) in [6.07, 6.45) is 0. The van der Waals surface area contributed by atoms with E-state index in [0.29, 0.717) is 25.8 Å². The molecule has 0 saturated carbocycles. The van der Waals surface area contributed by atoms with Gasteiger partial charge in [-0.3, -0.25) is 20.0 Å². The van der Waals surface area contributed by atoms with E-state index in [0.717, 1.165) is 79.5 Å². The molecule has 0 atom stereocenters. The Labute approximate surface area is 336 Å². The van der Waals surface area contributed by atoms with Crippen LogP contribution in [0.4, 0.5) is 22.7 Å². The van der Waals surface area contributed by atoms with Crippen molar-refractivity contribution in [3.8, 4) is 0 Å². The van der Waals surface area contributed by atoms with E-state index in [-0.39, 0.29) is 0 Å². The van der Waals surface area contributed by atoms with Gasteiger partial charge in [-0.25, -0.2) is 9.97 Å². The van der Waals surface area contributed by atoms with Gasteiger partial charge in [0.25, 0.3) is 0 Å². The Bertz CT molecular complexity index is 1930. The number of rotatable bonds is 8. The van der Waals surface area contributed by atoms with E-state index in [9.17, 15) is 0 Å². The summed E-state index contributed by atoms with van der Waals surface area (Å²) in [6, 6.07) is 32.3. The standard InChI is InChI=1S/C40H40N6.4ClH.2Co/c1-25-15-21-35(27(3)23-25)43-31(7)39-13-9-11-37(45-39)29(5)41-33-17-19-34(20-18-33)42-30(6)38-12-10-14-40(46-38)32(8)44-36-22-16-26(2)24-28(36)4;;;;;;/h9-24H,1-8H3;4*1H;;/q;;;;;2*+2/p-4. The molecule has 0 spiro atoms. The van der Waals surface area contributed by atoms with Crippen molar-refractivity contribution >= 4 is 86.2 Å². The molecule has 0 aliphatic heterocycles. The van der Waals surface area contributed by atoms with Gasteiger partial charge >= 0.3 is 66.4 Å². The minimum absolute atomic E-state index is 0.382. The molecule has 0 N–H and O–H groups in total. The average Bonchev–Trinajstić information content (AvgIpc) is 3.12. The normalized spacial score (nSPS) is 12.2. The van der Waals surface area contributed by atoms with E-state index in [2.05, 4.69) is 64.1 Å². The molecule has 5 aromatic rings. The molecule has 5 rings (SSSR count). The van der Waals surface area contributed by atoms with Crippen LogP contribution in [0.2, 0.25) is 0 Å². The molecule has 6 nitrogen and oxygen atoms in total. The zero-order valence-corrected chi connectivity index (χ0v) is 35.2. The second-order valence-electron chi connectivity index (χ2n) is 11.8. The predicted octanol–water partition coefficient (Wildman–Crippen LogP) is 13.0.